The zero-order valence-corrected chi connectivity index (χ0v) is 16.1. The lowest BCUT2D eigenvalue weighted by Crippen LogP contribution is -2.48. The van der Waals surface area contributed by atoms with Crippen molar-refractivity contribution >= 4 is 26.0 Å². The van der Waals surface area contributed by atoms with Crippen molar-refractivity contribution in [1.29, 1.82) is 0 Å². The van der Waals surface area contributed by atoms with Crippen LogP contribution in [0.1, 0.15) is 17.0 Å². The molecule has 0 radical (unpaired) electrons. The smallest absolute Gasteiger partial charge is 0.248 e. The molecule has 1 aliphatic rings. The summed E-state index contributed by atoms with van der Waals surface area (Å²) < 4.78 is 33.2. The first kappa shape index (κ1) is 17.6. The number of benzene rings is 1. The van der Waals surface area contributed by atoms with Crippen molar-refractivity contribution in [3.05, 3.63) is 45.8 Å². The summed E-state index contributed by atoms with van der Waals surface area (Å²) in [5.74, 6) is 0.351. The Morgan fingerprint density at radius 1 is 1.21 bits per heavy atom. The number of piperazine rings is 1. The van der Waals surface area contributed by atoms with Crippen LogP contribution >= 0.6 is 15.9 Å². The van der Waals surface area contributed by atoms with E-state index in [-0.39, 0.29) is 4.90 Å². The van der Waals surface area contributed by atoms with Gasteiger partial charge < -0.3 is 4.52 Å². The van der Waals surface area contributed by atoms with Crippen LogP contribution in [0.4, 0.5) is 0 Å². The molecule has 3 rings (SSSR count). The number of hydrogen-bond acceptors (Lipinski definition) is 5. The molecule has 0 N–H and O–H groups in total. The summed E-state index contributed by atoms with van der Waals surface area (Å²) in [5.41, 5.74) is 1.63. The van der Waals surface area contributed by atoms with Gasteiger partial charge in [0.1, 0.15) is 10.6 Å². The van der Waals surface area contributed by atoms with Gasteiger partial charge in [0.15, 0.2) is 5.76 Å². The Hall–Kier alpha value is -1.22. The summed E-state index contributed by atoms with van der Waals surface area (Å²) in [6.07, 6.45) is 0. The minimum atomic E-state index is -3.54. The second-order valence-electron chi connectivity index (χ2n) is 5.96. The lowest BCUT2D eigenvalue weighted by molar-refractivity contribution is 0.181. The van der Waals surface area contributed by atoms with E-state index in [4.69, 9.17) is 4.52 Å². The molecule has 0 saturated carbocycles. The molecule has 0 unspecified atom stereocenters. The normalized spacial score (nSPS) is 17.3. The summed E-state index contributed by atoms with van der Waals surface area (Å²) in [7, 11) is -3.54. The monoisotopic (exact) mass is 413 g/mol. The van der Waals surface area contributed by atoms with Crippen molar-refractivity contribution in [1.82, 2.24) is 14.4 Å². The van der Waals surface area contributed by atoms with Gasteiger partial charge in [0, 0.05) is 37.2 Å². The molecule has 2 aromatic rings. The molecular weight excluding hydrogens is 394 g/mol. The highest BCUT2D eigenvalue weighted by atomic mass is 79.9. The Bertz CT molecular complexity index is 807. The number of aryl methyl sites for hydroxylation is 2. The lowest BCUT2D eigenvalue weighted by atomic mass is 10.2. The van der Waals surface area contributed by atoms with Crippen molar-refractivity contribution in [2.75, 3.05) is 26.2 Å². The maximum Gasteiger partial charge on any atom is 0.248 e. The highest BCUT2D eigenvalue weighted by Gasteiger charge is 2.33. The van der Waals surface area contributed by atoms with Crippen LogP contribution in [0, 0.1) is 13.8 Å². The molecule has 0 atom stereocenters. The average molecular weight is 414 g/mol. The molecular formula is C16H20BrN3O3S. The molecule has 24 heavy (non-hydrogen) atoms. The van der Waals surface area contributed by atoms with Crippen molar-refractivity contribution in [2.45, 2.75) is 25.3 Å². The SMILES string of the molecule is Cc1noc(C)c1S(=O)(=O)N1CCN(Cc2cccc(Br)c2)CC1. The van der Waals surface area contributed by atoms with E-state index in [0.29, 0.717) is 37.6 Å². The van der Waals surface area contributed by atoms with Gasteiger partial charge in [-0.05, 0) is 31.5 Å². The van der Waals surface area contributed by atoms with Gasteiger partial charge >= 0.3 is 0 Å². The van der Waals surface area contributed by atoms with Crippen LogP contribution < -0.4 is 0 Å². The fourth-order valence-corrected chi connectivity index (χ4v) is 5.15. The number of nitrogens with zero attached hydrogens (tertiary/aromatic N) is 3. The van der Waals surface area contributed by atoms with Crippen molar-refractivity contribution in [2.24, 2.45) is 0 Å². The minimum absolute atomic E-state index is 0.211. The number of aromatic nitrogens is 1. The van der Waals surface area contributed by atoms with Crippen LogP contribution in [0.25, 0.3) is 0 Å². The van der Waals surface area contributed by atoms with E-state index in [0.717, 1.165) is 11.0 Å². The van der Waals surface area contributed by atoms with Gasteiger partial charge in [-0.15, -0.1) is 0 Å². The van der Waals surface area contributed by atoms with E-state index in [1.54, 1.807) is 13.8 Å². The third kappa shape index (κ3) is 3.56. The molecule has 0 aliphatic carbocycles. The van der Waals surface area contributed by atoms with Crippen LogP contribution in [0.2, 0.25) is 0 Å². The molecule has 1 aromatic heterocycles. The Morgan fingerprint density at radius 3 is 2.50 bits per heavy atom. The molecule has 2 heterocycles. The highest BCUT2D eigenvalue weighted by molar-refractivity contribution is 9.10. The first-order valence-corrected chi connectivity index (χ1v) is 10.0. The van der Waals surface area contributed by atoms with E-state index in [1.807, 2.05) is 12.1 Å². The van der Waals surface area contributed by atoms with Crippen LogP contribution in [-0.2, 0) is 16.6 Å². The Kier molecular flexibility index (Phi) is 5.10. The van der Waals surface area contributed by atoms with Gasteiger partial charge in [-0.25, -0.2) is 8.42 Å². The first-order valence-electron chi connectivity index (χ1n) is 7.78. The third-order valence-corrected chi connectivity index (χ3v) is 6.83. The average Bonchev–Trinajstić information content (AvgIpc) is 2.87. The fraction of sp³-hybridized carbons (Fsp3) is 0.438. The third-order valence-electron chi connectivity index (χ3n) is 4.19. The summed E-state index contributed by atoms with van der Waals surface area (Å²) >= 11 is 3.48. The standard InChI is InChI=1S/C16H20BrN3O3S/c1-12-16(13(2)23-18-12)24(21,22)20-8-6-19(7-9-20)11-14-4-3-5-15(17)10-14/h3-5,10H,6-9,11H2,1-2H3. The van der Waals surface area contributed by atoms with Crippen molar-refractivity contribution in [3.8, 4) is 0 Å². The molecule has 8 heteroatoms. The van der Waals surface area contributed by atoms with E-state index in [2.05, 4.69) is 38.1 Å². The summed E-state index contributed by atoms with van der Waals surface area (Å²) in [4.78, 5) is 2.48. The predicted octanol–water partition coefficient (Wildman–Crippen LogP) is 2.56. The summed E-state index contributed by atoms with van der Waals surface area (Å²) in [6.45, 7) is 6.47. The Morgan fingerprint density at radius 2 is 1.92 bits per heavy atom. The van der Waals surface area contributed by atoms with Gasteiger partial charge in [-0.1, -0.05) is 33.2 Å². The Balaban J connectivity index is 1.67. The van der Waals surface area contributed by atoms with E-state index >= 15 is 0 Å². The molecule has 6 nitrogen and oxygen atoms in total. The van der Waals surface area contributed by atoms with Crippen molar-refractivity contribution in [3.63, 3.8) is 0 Å². The van der Waals surface area contributed by atoms with Gasteiger partial charge in [0.25, 0.3) is 0 Å². The van der Waals surface area contributed by atoms with Gasteiger partial charge in [-0.2, -0.15) is 4.31 Å². The van der Waals surface area contributed by atoms with Gasteiger partial charge in [0.05, 0.1) is 0 Å². The second-order valence-corrected chi connectivity index (χ2v) is 8.75. The number of rotatable bonds is 4. The molecule has 1 aliphatic heterocycles. The van der Waals surface area contributed by atoms with E-state index in [9.17, 15) is 8.42 Å². The zero-order chi connectivity index (χ0) is 17.3. The summed E-state index contributed by atoms with van der Waals surface area (Å²) in [5, 5.41) is 3.76. The maximum absolute atomic E-state index is 12.8. The topological polar surface area (TPSA) is 66.7 Å². The number of hydrogen-bond donors (Lipinski definition) is 0. The summed E-state index contributed by atoms with van der Waals surface area (Å²) in [6, 6.07) is 8.18. The maximum atomic E-state index is 12.8. The first-order chi connectivity index (χ1) is 11.4. The molecule has 130 valence electrons. The van der Waals surface area contributed by atoms with Crippen molar-refractivity contribution < 1.29 is 12.9 Å². The molecule has 0 spiro atoms. The quantitative estimate of drug-likeness (QED) is 0.770. The van der Waals surface area contributed by atoms with E-state index in [1.165, 1.54) is 9.87 Å². The minimum Gasteiger partial charge on any atom is -0.360 e. The second kappa shape index (κ2) is 6.95. The Labute approximate surface area is 150 Å². The largest absolute Gasteiger partial charge is 0.360 e. The highest BCUT2D eigenvalue weighted by Crippen LogP contribution is 2.24. The number of halogens is 1. The van der Waals surface area contributed by atoms with Crippen LogP contribution in [-0.4, -0.2) is 49.0 Å². The van der Waals surface area contributed by atoms with Crippen LogP contribution in [0.15, 0.2) is 38.2 Å². The lowest BCUT2D eigenvalue weighted by Gasteiger charge is -2.33. The van der Waals surface area contributed by atoms with Crippen LogP contribution in [0.3, 0.4) is 0 Å². The van der Waals surface area contributed by atoms with E-state index < -0.39 is 10.0 Å². The van der Waals surface area contributed by atoms with Gasteiger partial charge in [0.2, 0.25) is 10.0 Å². The predicted molar refractivity (Wildman–Crippen MR) is 94.2 cm³/mol. The number of sulfonamides is 1. The van der Waals surface area contributed by atoms with Gasteiger partial charge in [-0.3, -0.25) is 4.90 Å². The zero-order valence-electron chi connectivity index (χ0n) is 13.7. The molecule has 1 aromatic carbocycles. The van der Waals surface area contributed by atoms with Crippen LogP contribution in [0.5, 0.6) is 0 Å². The molecule has 1 saturated heterocycles. The molecule has 0 amide bonds. The molecule has 1 fully saturated rings. The molecule has 0 bridgehead atoms. The fourth-order valence-electron chi connectivity index (χ4n) is 2.99.